The van der Waals surface area contributed by atoms with Crippen LogP contribution in [0.2, 0.25) is 0 Å². The van der Waals surface area contributed by atoms with E-state index in [0.717, 1.165) is 16.7 Å². The molecular formula is C14H18BrFN4. The van der Waals surface area contributed by atoms with E-state index in [4.69, 9.17) is 0 Å². The minimum absolute atomic E-state index is 0.241. The van der Waals surface area contributed by atoms with Crippen LogP contribution in [-0.2, 0) is 13.1 Å². The number of nitrogens with zero attached hydrogens (tertiary/aromatic N) is 3. The monoisotopic (exact) mass is 340 g/mol. The predicted octanol–water partition coefficient (Wildman–Crippen LogP) is 2.97. The van der Waals surface area contributed by atoms with E-state index in [1.807, 2.05) is 12.3 Å². The van der Waals surface area contributed by atoms with Gasteiger partial charge >= 0.3 is 0 Å². The molecule has 0 aliphatic rings. The smallest absolute Gasteiger partial charge is 0.129 e. The van der Waals surface area contributed by atoms with Gasteiger partial charge in [0.2, 0.25) is 0 Å². The summed E-state index contributed by atoms with van der Waals surface area (Å²) in [6.07, 6.45) is 1.84. The lowest BCUT2D eigenvalue weighted by atomic mass is 10.2. The van der Waals surface area contributed by atoms with E-state index < -0.39 is 0 Å². The second kappa shape index (κ2) is 6.95. The van der Waals surface area contributed by atoms with Crippen LogP contribution in [0.5, 0.6) is 0 Å². The number of hydrogen-bond acceptors (Lipinski definition) is 3. The number of benzene rings is 1. The molecule has 0 fully saturated rings. The normalized spacial score (nSPS) is 11.2. The molecule has 4 nitrogen and oxygen atoms in total. The first-order valence-corrected chi connectivity index (χ1v) is 7.37. The first kappa shape index (κ1) is 15.1. The SMILES string of the molecule is CC(C)CNCc1cn(Cc2ccc(Br)cc2F)nn1. The Hall–Kier alpha value is -1.27. The maximum Gasteiger partial charge on any atom is 0.129 e. The standard InChI is InChI=1S/C14H18BrFN4/c1-10(2)6-17-7-13-9-20(19-18-13)8-11-3-4-12(15)5-14(11)16/h3-5,9-10,17H,6-8H2,1-2H3. The number of halogens is 2. The molecule has 1 aromatic carbocycles. The molecule has 0 spiro atoms. The second-order valence-electron chi connectivity index (χ2n) is 5.17. The van der Waals surface area contributed by atoms with Gasteiger partial charge in [-0.2, -0.15) is 0 Å². The summed E-state index contributed by atoms with van der Waals surface area (Å²) in [6.45, 7) is 6.31. The summed E-state index contributed by atoms with van der Waals surface area (Å²) >= 11 is 3.24. The fraction of sp³-hybridized carbons (Fsp3) is 0.429. The van der Waals surface area contributed by atoms with Crippen LogP contribution < -0.4 is 5.32 Å². The number of aromatic nitrogens is 3. The summed E-state index contributed by atoms with van der Waals surface area (Å²) in [6, 6.07) is 5.02. The zero-order valence-electron chi connectivity index (χ0n) is 11.6. The van der Waals surface area contributed by atoms with Crippen LogP contribution in [0.1, 0.15) is 25.1 Å². The maximum absolute atomic E-state index is 13.7. The molecule has 6 heteroatoms. The van der Waals surface area contributed by atoms with Crippen LogP contribution in [0.4, 0.5) is 4.39 Å². The molecule has 2 aromatic rings. The van der Waals surface area contributed by atoms with Crippen molar-refractivity contribution in [1.82, 2.24) is 20.3 Å². The Morgan fingerprint density at radius 3 is 2.90 bits per heavy atom. The third-order valence-corrected chi connectivity index (χ3v) is 3.29. The summed E-state index contributed by atoms with van der Waals surface area (Å²) < 4.78 is 16.1. The minimum Gasteiger partial charge on any atom is -0.311 e. The van der Waals surface area contributed by atoms with Crippen molar-refractivity contribution in [3.63, 3.8) is 0 Å². The van der Waals surface area contributed by atoms with Gasteiger partial charge in [-0.05, 0) is 24.6 Å². The van der Waals surface area contributed by atoms with Crippen molar-refractivity contribution in [2.45, 2.75) is 26.9 Å². The first-order chi connectivity index (χ1) is 9.54. The molecular weight excluding hydrogens is 323 g/mol. The summed E-state index contributed by atoms with van der Waals surface area (Å²) in [7, 11) is 0. The lowest BCUT2D eigenvalue weighted by molar-refractivity contribution is 0.548. The fourth-order valence-corrected chi connectivity index (χ4v) is 2.14. The van der Waals surface area contributed by atoms with E-state index in [1.165, 1.54) is 6.07 Å². The van der Waals surface area contributed by atoms with E-state index in [9.17, 15) is 4.39 Å². The highest BCUT2D eigenvalue weighted by Crippen LogP contribution is 2.16. The Morgan fingerprint density at radius 1 is 1.40 bits per heavy atom. The lowest BCUT2D eigenvalue weighted by Crippen LogP contribution is -2.19. The Morgan fingerprint density at radius 2 is 2.20 bits per heavy atom. The molecule has 0 aliphatic carbocycles. The van der Waals surface area contributed by atoms with Crippen LogP contribution >= 0.6 is 15.9 Å². The van der Waals surface area contributed by atoms with Gasteiger partial charge in [-0.3, -0.25) is 0 Å². The van der Waals surface area contributed by atoms with E-state index in [0.29, 0.717) is 24.6 Å². The fourth-order valence-electron chi connectivity index (χ4n) is 1.81. The molecule has 1 heterocycles. The summed E-state index contributed by atoms with van der Waals surface area (Å²) in [5, 5.41) is 11.4. The van der Waals surface area contributed by atoms with Gasteiger partial charge in [-0.25, -0.2) is 9.07 Å². The van der Waals surface area contributed by atoms with E-state index in [-0.39, 0.29) is 5.82 Å². The topological polar surface area (TPSA) is 42.7 Å². The maximum atomic E-state index is 13.7. The lowest BCUT2D eigenvalue weighted by Gasteiger charge is -2.04. The molecule has 0 saturated heterocycles. The molecule has 108 valence electrons. The molecule has 20 heavy (non-hydrogen) atoms. The molecule has 0 aliphatic heterocycles. The Balaban J connectivity index is 1.95. The molecule has 0 saturated carbocycles. The number of rotatable bonds is 6. The predicted molar refractivity (Wildman–Crippen MR) is 79.8 cm³/mol. The van der Waals surface area contributed by atoms with Gasteiger partial charge in [0.05, 0.1) is 18.4 Å². The molecule has 0 radical (unpaired) electrons. The van der Waals surface area contributed by atoms with E-state index in [2.05, 4.69) is 45.4 Å². The first-order valence-electron chi connectivity index (χ1n) is 6.58. The Bertz CT molecular complexity index is 568. The third-order valence-electron chi connectivity index (χ3n) is 2.79. The van der Waals surface area contributed by atoms with Crippen molar-refractivity contribution in [2.24, 2.45) is 5.92 Å². The molecule has 1 aromatic heterocycles. The van der Waals surface area contributed by atoms with Gasteiger partial charge in [-0.1, -0.05) is 41.1 Å². The summed E-state index contributed by atoms with van der Waals surface area (Å²) in [4.78, 5) is 0. The van der Waals surface area contributed by atoms with Crippen LogP contribution in [-0.4, -0.2) is 21.5 Å². The van der Waals surface area contributed by atoms with Gasteiger partial charge in [-0.15, -0.1) is 5.10 Å². The average Bonchev–Trinajstić information content (AvgIpc) is 2.80. The zero-order chi connectivity index (χ0) is 14.5. The van der Waals surface area contributed by atoms with Crippen LogP contribution in [0.15, 0.2) is 28.9 Å². The van der Waals surface area contributed by atoms with Gasteiger partial charge in [0.15, 0.2) is 0 Å². The van der Waals surface area contributed by atoms with Gasteiger partial charge < -0.3 is 5.32 Å². The van der Waals surface area contributed by atoms with Gasteiger partial charge in [0.1, 0.15) is 5.82 Å². The average molecular weight is 341 g/mol. The molecule has 0 atom stereocenters. The summed E-state index contributed by atoms with van der Waals surface area (Å²) in [5.41, 5.74) is 1.46. The van der Waals surface area contributed by atoms with Crippen molar-refractivity contribution >= 4 is 15.9 Å². The molecule has 2 rings (SSSR count). The summed E-state index contributed by atoms with van der Waals surface area (Å²) in [5.74, 6) is 0.358. The van der Waals surface area contributed by atoms with Crippen molar-refractivity contribution in [3.05, 3.63) is 45.9 Å². The highest BCUT2D eigenvalue weighted by atomic mass is 79.9. The van der Waals surface area contributed by atoms with Crippen molar-refractivity contribution < 1.29 is 4.39 Å². The Labute approximate surface area is 126 Å². The number of nitrogens with one attached hydrogen (secondary N) is 1. The molecule has 0 unspecified atom stereocenters. The van der Waals surface area contributed by atoms with Gasteiger partial charge in [0.25, 0.3) is 0 Å². The van der Waals surface area contributed by atoms with Crippen molar-refractivity contribution in [2.75, 3.05) is 6.54 Å². The minimum atomic E-state index is -0.241. The van der Waals surface area contributed by atoms with Crippen LogP contribution in [0, 0.1) is 11.7 Å². The van der Waals surface area contributed by atoms with Crippen molar-refractivity contribution in [3.8, 4) is 0 Å². The van der Waals surface area contributed by atoms with E-state index in [1.54, 1.807) is 10.7 Å². The van der Waals surface area contributed by atoms with E-state index >= 15 is 0 Å². The highest BCUT2D eigenvalue weighted by Gasteiger charge is 2.06. The van der Waals surface area contributed by atoms with Crippen LogP contribution in [0.3, 0.4) is 0 Å². The molecule has 0 amide bonds. The quantitative estimate of drug-likeness (QED) is 0.878. The number of hydrogen-bond donors (Lipinski definition) is 1. The molecule has 0 bridgehead atoms. The van der Waals surface area contributed by atoms with Gasteiger partial charge in [0, 0.05) is 16.6 Å². The third kappa shape index (κ3) is 4.38. The zero-order valence-corrected chi connectivity index (χ0v) is 13.2. The van der Waals surface area contributed by atoms with Crippen molar-refractivity contribution in [1.29, 1.82) is 0 Å². The Kier molecular flexibility index (Phi) is 5.25. The largest absolute Gasteiger partial charge is 0.311 e. The van der Waals surface area contributed by atoms with Crippen LogP contribution in [0.25, 0.3) is 0 Å². The molecule has 1 N–H and O–H groups in total. The second-order valence-corrected chi connectivity index (χ2v) is 6.08. The highest BCUT2D eigenvalue weighted by molar-refractivity contribution is 9.10.